The Kier molecular flexibility index (Phi) is 6.21. The average molecular weight is 318 g/mol. The molecule has 0 aliphatic carbocycles. The van der Waals surface area contributed by atoms with Gasteiger partial charge in [-0.15, -0.1) is 0 Å². The Labute approximate surface area is 125 Å². The second kappa shape index (κ2) is 7.67. The number of amides is 2. The molecule has 1 aromatic carbocycles. The summed E-state index contributed by atoms with van der Waals surface area (Å²) < 4.78 is 41.1. The number of hydrogen-bond donors (Lipinski definition) is 2. The first-order valence-electron chi connectivity index (χ1n) is 6.56. The van der Waals surface area contributed by atoms with Gasteiger partial charge in [-0.2, -0.15) is 13.2 Å². The highest BCUT2D eigenvalue weighted by molar-refractivity contribution is 5.96. The normalized spacial score (nSPS) is 11.2. The van der Waals surface area contributed by atoms with Crippen molar-refractivity contribution in [2.75, 3.05) is 13.1 Å². The molecule has 0 bridgehead atoms. The molecule has 122 valence electrons. The Bertz CT molecular complexity index is 513. The number of ether oxygens (including phenoxy) is 1. The summed E-state index contributed by atoms with van der Waals surface area (Å²) in [5.74, 6) is -0.877. The molecule has 0 fully saturated rings. The van der Waals surface area contributed by atoms with Gasteiger partial charge >= 0.3 is 6.18 Å². The van der Waals surface area contributed by atoms with Crippen LogP contribution in [0, 0.1) is 0 Å². The second-order valence-electron chi connectivity index (χ2n) is 4.77. The predicted octanol–water partition coefficient (Wildman–Crippen LogP) is 1.88. The summed E-state index contributed by atoms with van der Waals surface area (Å²) in [6.07, 6.45) is -4.48. The van der Waals surface area contributed by atoms with Crippen molar-refractivity contribution in [2.24, 2.45) is 0 Å². The van der Waals surface area contributed by atoms with Crippen LogP contribution in [-0.2, 0) is 4.79 Å². The number of hydrogen-bond acceptors (Lipinski definition) is 3. The zero-order valence-electron chi connectivity index (χ0n) is 12.2. The fourth-order valence-electron chi connectivity index (χ4n) is 1.48. The standard InChI is InChI=1S/C14H17F3N2O3/c1-9(2)22-11-5-3-10(4-6-11)13(21)18-7-12(20)19-8-14(15,16)17/h3-6,9H,7-8H2,1-2H3,(H,18,21)(H,19,20). The molecule has 0 saturated carbocycles. The van der Waals surface area contributed by atoms with Gasteiger partial charge in [-0.25, -0.2) is 0 Å². The van der Waals surface area contributed by atoms with Crippen molar-refractivity contribution >= 4 is 11.8 Å². The third-order valence-electron chi connectivity index (χ3n) is 2.38. The molecular formula is C14H17F3N2O3. The maximum atomic E-state index is 11.9. The molecule has 22 heavy (non-hydrogen) atoms. The highest BCUT2D eigenvalue weighted by Gasteiger charge is 2.27. The third kappa shape index (κ3) is 6.96. The lowest BCUT2D eigenvalue weighted by molar-refractivity contribution is -0.137. The molecule has 0 aliphatic heterocycles. The first kappa shape index (κ1) is 17.8. The molecule has 0 aromatic heterocycles. The van der Waals surface area contributed by atoms with Gasteiger partial charge in [0.2, 0.25) is 5.91 Å². The van der Waals surface area contributed by atoms with E-state index < -0.39 is 31.1 Å². The Morgan fingerprint density at radius 2 is 1.73 bits per heavy atom. The molecule has 0 aliphatic rings. The highest BCUT2D eigenvalue weighted by atomic mass is 19.4. The van der Waals surface area contributed by atoms with E-state index in [2.05, 4.69) is 5.32 Å². The lowest BCUT2D eigenvalue weighted by Gasteiger charge is -2.11. The zero-order chi connectivity index (χ0) is 16.8. The van der Waals surface area contributed by atoms with Crippen LogP contribution in [0.3, 0.4) is 0 Å². The van der Waals surface area contributed by atoms with Crippen LogP contribution in [0.4, 0.5) is 13.2 Å². The van der Waals surface area contributed by atoms with E-state index in [4.69, 9.17) is 4.74 Å². The summed E-state index contributed by atoms with van der Waals surface area (Å²) in [6, 6.07) is 6.19. The summed E-state index contributed by atoms with van der Waals surface area (Å²) >= 11 is 0. The Balaban J connectivity index is 2.43. The van der Waals surface area contributed by atoms with E-state index in [0.717, 1.165) is 0 Å². The summed E-state index contributed by atoms with van der Waals surface area (Å²) in [6.45, 7) is 1.77. The second-order valence-corrected chi connectivity index (χ2v) is 4.77. The lowest BCUT2D eigenvalue weighted by atomic mass is 10.2. The number of nitrogens with one attached hydrogen (secondary N) is 2. The molecule has 0 unspecified atom stereocenters. The number of benzene rings is 1. The van der Waals surface area contributed by atoms with Crippen molar-refractivity contribution in [3.05, 3.63) is 29.8 Å². The number of rotatable bonds is 6. The van der Waals surface area contributed by atoms with Gasteiger partial charge < -0.3 is 15.4 Å². The van der Waals surface area contributed by atoms with Crippen LogP contribution in [0.15, 0.2) is 24.3 Å². The number of halogens is 3. The number of carbonyl (C=O) groups is 2. The maximum Gasteiger partial charge on any atom is 0.405 e. The monoisotopic (exact) mass is 318 g/mol. The van der Waals surface area contributed by atoms with E-state index in [-0.39, 0.29) is 11.7 Å². The largest absolute Gasteiger partial charge is 0.491 e. The van der Waals surface area contributed by atoms with Crippen molar-refractivity contribution in [3.63, 3.8) is 0 Å². The average Bonchev–Trinajstić information content (AvgIpc) is 2.42. The molecule has 0 radical (unpaired) electrons. The molecule has 2 amide bonds. The minimum atomic E-state index is -4.48. The van der Waals surface area contributed by atoms with E-state index in [1.165, 1.54) is 12.1 Å². The van der Waals surface area contributed by atoms with Crippen molar-refractivity contribution in [1.29, 1.82) is 0 Å². The number of alkyl halides is 3. The van der Waals surface area contributed by atoms with Crippen LogP contribution in [0.5, 0.6) is 5.75 Å². The summed E-state index contributed by atoms with van der Waals surface area (Å²) in [7, 11) is 0. The summed E-state index contributed by atoms with van der Waals surface area (Å²) in [4.78, 5) is 22.9. The molecule has 0 saturated heterocycles. The molecule has 1 rings (SSSR count). The van der Waals surface area contributed by atoms with Crippen LogP contribution in [0.2, 0.25) is 0 Å². The van der Waals surface area contributed by atoms with E-state index in [0.29, 0.717) is 5.75 Å². The van der Waals surface area contributed by atoms with Gasteiger partial charge in [0.05, 0.1) is 12.6 Å². The zero-order valence-corrected chi connectivity index (χ0v) is 12.2. The molecule has 8 heteroatoms. The predicted molar refractivity (Wildman–Crippen MR) is 73.6 cm³/mol. The van der Waals surface area contributed by atoms with Gasteiger partial charge in [0.1, 0.15) is 12.3 Å². The quantitative estimate of drug-likeness (QED) is 0.841. The van der Waals surface area contributed by atoms with Crippen LogP contribution >= 0.6 is 0 Å². The smallest absolute Gasteiger partial charge is 0.405 e. The third-order valence-corrected chi connectivity index (χ3v) is 2.38. The van der Waals surface area contributed by atoms with E-state index in [1.807, 2.05) is 13.8 Å². The van der Waals surface area contributed by atoms with Crippen LogP contribution in [-0.4, -0.2) is 37.2 Å². The minimum Gasteiger partial charge on any atom is -0.491 e. The van der Waals surface area contributed by atoms with Crippen molar-refractivity contribution in [1.82, 2.24) is 10.6 Å². The van der Waals surface area contributed by atoms with Gasteiger partial charge in [0, 0.05) is 5.56 Å². The van der Waals surface area contributed by atoms with Gasteiger partial charge in [0.15, 0.2) is 0 Å². The van der Waals surface area contributed by atoms with Gasteiger partial charge in [-0.1, -0.05) is 0 Å². The van der Waals surface area contributed by atoms with E-state index >= 15 is 0 Å². The van der Waals surface area contributed by atoms with Gasteiger partial charge in [-0.05, 0) is 38.1 Å². The fourth-order valence-corrected chi connectivity index (χ4v) is 1.48. The fraction of sp³-hybridized carbons (Fsp3) is 0.429. The van der Waals surface area contributed by atoms with Crippen LogP contribution in [0.1, 0.15) is 24.2 Å². The topological polar surface area (TPSA) is 67.4 Å². The number of carbonyl (C=O) groups excluding carboxylic acids is 2. The van der Waals surface area contributed by atoms with E-state index in [1.54, 1.807) is 17.4 Å². The molecule has 0 atom stereocenters. The van der Waals surface area contributed by atoms with Crippen molar-refractivity contribution in [2.45, 2.75) is 26.1 Å². The Morgan fingerprint density at radius 1 is 1.14 bits per heavy atom. The molecule has 5 nitrogen and oxygen atoms in total. The Hall–Kier alpha value is -2.25. The molecule has 0 heterocycles. The van der Waals surface area contributed by atoms with Gasteiger partial charge in [0.25, 0.3) is 5.91 Å². The molecular weight excluding hydrogens is 301 g/mol. The van der Waals surface area contributed by atoms with Gasteiger partial charge in [-0.3, -0.25) is 9.59 Å². The first-order chi connectivity index (χ1) is 10.2. The lowest BCUT2D eigenvalue weighted by Crippen LogP contribution is -2.40. The maximum absolute atomic E-state index is 11.9. The SMILES string of the molecule is CC(C)Oc1ccc(C(=O)NCC(=O)NCC(F)(F)F)cc1. The molecule has 0 spiro atoms. The first-order valence-corrected chi connectivity index (χ1v) is 6.56. The van der Waals surface area contributed by atoms with Crippen LogP contribution < -0.4 is 15.4 Å². The molecule has 1 aromatic rings. The van der Waals surface area contributed by atoms with E-state index in [9.17, 15) is 22.8 Å². The van der Waals surface area contributed by atoms with Crippen molar-refractivity contribution < 1.29 is 27.5 Å². The van der Waals surface area contributed by atoms with Crippen LogP contribution in [0.25, 0.3) is 0 Å². The minimum absolute atomic E-state index is 0.00277. The van der Waals surface area contributed by atoms with Crippen molar-refractivity contribution in [3.8, 4) is 5.75 Å². The molecule has 2 N–H and O–H groups in total. The Morgan fingerprint density at radius 3 is 2.23 bits per heavy atom. The summed E-state index contributed by atoms with van der Waals surface area (Å²) in [5.41, 5.74) is 0.278. The summed E-state index contributed by atoms with van der Waals surface area (Å²) in [5, 5.41) is 3.90. The highest BCUT2D eigenvalue weighted by Crippen LogP contribution is 2.14.